The minimum absolute atomic E-state index is 0.387. The third kappa shape index (κ3) is 9.17. The molecule has 13 nitrogen and oxygen atoms in total. The summed E-state index contributed by atoms with van der Waals surface area (Å²) in [5.41, 5.74) is -1.71. The number of hydrogen-bond acceptors (Lipinski definition) is 13. The second kappa shape index (κ2) is 12.8. The summed E-state index contributed by atoms with van der Waals surface area (Å²) in [6.45, 7) is 15.1. The largest absolute Gasteiger partial charge is 0.481 e. The van der Waals surface area contributed by atoms with Gasteiger partial charge in [0.25, 0.3) is 0 Å². The zero-order chi connectivity index (χ0) is 30.0. The van der Waals surface area contributed by atoms with Gasteiger partial charge in [-0.15, -0.1) is 0 Å². The topological polar surface area (TPSA) is 155 Å². The fraction of sp³-hybridized carbons (Fsp3) is 0.920. The first-order valence-corrected chi connectivity index (χ1v) is 14.3. The van der Waals surface area contributed by atoms with Crippen molar-refractivity contribution >= 4 is 19.8 Å². The molecule has 0 aromatic heterocycles. The van der Waals surface area contributed by atoms with Gasteiger partial charge in [-0.05, 0) is 69.2 Å². The fourth-order valence-electron chi connectivity index (χ4n) is 3.92. The van der Waals surface area contributed by atoms with Crippen LogP contribution in [0.15, 0.2) is 0 Å². The Hall–Kier alpha value is -1.15. The van der Waals surface area contributed by atoms with Crippen molar-refractivity contribution in [1.29, 1.82) is 0 Å². The van der Waals surface area contributed by atoms with E-state index in [-0.39, 0.29) is 6.10 Å². The summed E-state index contributed by atoms with van der Waals surface area (Å²) in [7, 11) is -3.26. The van der Waals surface area contributed by atoms with E-state index in [4.69, 9.17) is 42.0 Å². The van der Waals surface area contributed by atoms with Crippen molar-refractivity contribution in [1.82, 2.24) is 0 Å². The van der Waals surface area contributed by atoms with Crippen LogP contribution >= 0.6 is 7.82 Å². The van der Waals surface area contributed by atoms with Gasteiger partial charge in [0.15, 0.2) is 5.79 Å². The number of methoxy groups -OCH3 is 1. The first-order chi connectivity index (χ1) is 17.7. The van der Waals surface area contributed by atoms with Crippen LogP contribution in [0.1, 0.15) is 69.2 Å². The van der Waals surface area contributed by atoms with Crippen LogP contribution in [0, 0.1) is 10.8 Å². The lowest BCUT2D eigenvalue weighted by Gasteiger charge is -2.45. The monoisotopic (exact) mass is 584 g/mol. The van der Waals surface area contributed by atoms with Gasteiger partial charge in [0.1, 0.15) is 36.6 Å². The highest BCUT2D eigenvalue weighted by molar-refractivity contribution is 7.48. The van der Waals surface area contributed by atoms with Gasteiger partial charge in [-0.1, -0.05) is 0 Å². The van der Waals surface area contributed by atoms with E-state index >= 15 is 0 Å². The molecule has 6 atom stereocenters. The Morgan fingerprint density at radius 2 is 1.33 bits per heavy atom. The molecule has 1 aliphatic carbocycles. The molecule has 6 unspecified atom stereocenters. The minimum atomic E-state index is -4.65. The molecule has 2 rings (SSSR count). The average molecular weight is 585 g/mol. The molecule has 0 spiro atoms. The summed E-state index contributed by atoms with van der Waals surface area (Å²) in [5, 5.41) is 11.2. The first kappa shape index (κ1) is 34.1. The normalized spacial score (nSPS) is 29.3. The van der Waals surface area contributed by atoms with Crippen LogP contribution in [0.25, 0.3) is 0 Å². The van der Waals surface area contributed by atoms with Crippen molar-refractivity contribution in [2.75, 3.05) is 20.7 Å². The predicted octanol–water partition coefficient (Wildman–Crippen LogP) is 3.31. The van der Waals surface area contributed by atoms with E-state index in [0.29, 0.717) is 0 Å². The third-order valence-electron chi connectivity index (χ3n) is 5.79. The van der Waals surface area contributed by atoms with Crippen LogP contribution in [0.2, 0.25) is 0 Å². The molecule has 0 aromatic rings. The van der Waals surface area contributed by atoms with Crippen molar-refractivity contribution in [3.63, 3.8) is 0 Å². The molecular weight excluding hydrogens is 539 g/mol. The summed E-state index contributed by atoms with van der Waals surface area (Å²) < 4.78 is 64.0. The maximum atomic E-state index is 13.8. The van der Waals surface area contributed by atoms with Gasteiger partial charge < -0.3 is 33.5 Å². The summed E-state index contributed by atoms with van der Waals surface area (Å²) in [4.78, 5) is 24.4. The quantitative estimate of drug-likeness (QED) is 0.215. The molecule has 0 bridgehead atoms. The summed E-state index contributed by atoms with van der Waals surface area (Å²) >= 11 is 0. The predicted molar refractivity (Wildman–Crippen MR) is 136 cm³/mol. The van der Waals surface area contributed by atoms with Crippen LogP contribution in [0.3, 0.4) is 0 Å². The van der Waals surface area contributed by atoms with Crippen molar-refractivity contribution < 1.29 is 61.3 Å². The van der Waals surface area contributed by atoms with Gasteiger partial charge >= 0.3 is 19.8 Å². The van der Waals surface area contributed by atoms with Crippen LogP contribution in [-0.2, 0) is 56.1 Å². The molecular formula is C25H45O13P. The zero-order valence-electron chi connectivity index (χ0n) is 24.7. The molecule has 2 aliphatic rings. The molecule has 228 valence electrons. The summed E-state index contributed by atoms with van der Waals surface area (Å²) in [5.74, 6) is -2.30. The Morgan fingerprint density at radius 3 is 1.74 bits per heavy atom. The van der Waals surface area contributed by atoms with Crippen LogP contribution in [0.4, 0.5) is 0 Å². The van der Waals surface area contributed by atoms with E-state index in [1.165, 1.54) is 7.11 Å². The van der Waals surface area contributed by atoms with Gasteiger partial charge in [-0.2, -0.15) is 0 Å². The number of phosphoric acid groups is 1. The fourth-order valence-corrected chi connectivity index (χ4v) is 5.02. The number of aliphatic hydroxyl groups excluding tert-OH is 1. The molecule has 1 aliphatic heterocycles. The number of phosphoric ester groups is 1. The highest BCUT2D eigenvalue weighted by Gasteiger charge is 2.61. The number of esters is 2. The Morgan fingerprint density at radius 1 is 0.872 bits per heavy atom. The Labute approximate surface area is 230 Å². The molecule has 14 heteroatoms. The Bertz CT molecular complexity index is 855. The highest BCUT2D eigenvalue weighted by atomic mass is 31.2. The summed E-state index contributed by atoms with van der Waals surface area (Å²) in [6.07, 6.45) is -6.68. The lowest BCUT2D eigenvalue weighted by Crippen LogP contribution is -2.64. The van der Waals surface area contributed by atoms with Crippen molar-refractivity contribution in [2.24, 2.45) is 10.8 Å². The van der Waals surface area contributed by atoms with E-state index in [2.05, 4.69) is 0 Å². The van der Waals surface area contributed by atoms with Gasteiger partial charge in [0, 0.05) is 7.11 Å². The van der Waals surface area contributed by atoms with E-state index in [1.807, 2.05) is 0 Å². The van der Waals surface area contributed by atoms with Crippen molar-refractivity contribution in [2.45, 2.75) is 118 Å². The number of hydrogen-bond donors (Lipinski definition) is 1. The van der Waals surface area contributed by atoms with Crippen LogP contribution in [0.5, 0.6) is 0 Å². The number of carbonyl (C=O) groups is 2. The molecule has 1 saturated carbocycles. The average Bonchev–Trinajstić information content (AvgIpc) is 3.10. The second-order valence-electron chi connectivity index (χ2n) is 12.3. The molecule has 0 radical (unpaired) electrons. The standard InChI is InChI=1S/C25H45O13P/c1-14(2)35-16-15(26)17-19(37-25(9,10)36-17)18(30-11)20(16)38-39(29,33-12-31-21(27)23(3,4)5)34-13-32-22(28)24(6,7)8/h14-20,26H,12-13H2,1-11H3. The second-order valence-corrected chi connectivity index (χ2v) is 13.9. The summed E-state index contributed by atoms with van der Waals surface area (Å²) in [6, 6.07) is 0. The third-order valence-corrected chi connectivity index (χ3v) is 7.13. The van der Waals surface area contributed by atoms with Gasteiger partial charge in [0.05, 0.1) is 16.9 Å². The number of carbonyl (C=O) groups excluding carboxylic acids is 2. The lowest BCUT2D eigenvalue weighted by atomic mass is 9.84. The van der Waals surface area contributed by atoms with Crippen LogP contribution < -0.4 is 0 Å². The molecule has 1 N–H and O–H groups in total. The lowest BCUT2D eigenvalue weighted by molar-refractivity contribution is -0.221. The molecule has 0 aromatic carbocycles. The smallest absolute Gasteiger partial charge is 0.437 e. The highest BCUT2D eigenvalue weighted by Crippen LogP contribution is 2.54. The maximum absolute atomic E-state index is 13.8. The number of ether oxygens (including phenoxy) is 6. The van der Waals surface area contributed by atoms with E-state index < -0.39 is 86.6 Å². The molecule has 39 heavy (non-hydrogen) atoms. The number of fused-ring (bicyclic) bond motifs is 1. The molecule has 0 amide bonds. The Kier molecular flexibility index (Phi) is 11.2. The van der Waals surface area contributed by atoms with E-state index in [1.54, 1.807) is 69.2 Å². The molecule has 1 heterocycles. The van der Waals surface area contributed by atoms with Gasteiger partial charge in [-0.25, -0.2) is 13.6 Å². The van der Waals surface area contributed by atoms with Gasteiger partial charge in [0.2, 0.25) is 13.6 Å². The SMILES string of the molecule is COC1C2OC(C)(C)OC2C(O)C(OC(C)C)C1OP(=O)(OCOC(=O)C(C)(C)C)OCOC(=O)C(C)(C)C. The Balaban J connectivity index is 2.35. The van der Waals surface area contributed by atoms with Crippen molar-refractivity contribution in [3.05, 3.63) is 0 Å². The number of rotatable bonds is 11. The van der Waals surface area contributed by atoms with E-state index in [9.17, 15) is 19.3 Å². The van der Waals surface area contributed by atoms with Gasteiger partial charge in [-0.3, -0.25) is 14.1 Å². The zero-order valence-corrected chi connectivity index (χ0v) is 25.6. The first-order valence-electron chi connectivity index (χ1n) is 12.8. The maximum Gasteiger partial charge on any atom is 0.481 e. The molecule has 1 saturated heterocycles. The minimum Gasteiger partial charge on any atom is -0.437 e. The molecule has 2 fully saturated rings. The van der Waals surface area contributed by atoms with E-state index in [0.717, 1.165) is 0 Å². The van der Waals surface area contributed by atoms with Crippen LogP contribution in [-0.4, -0.2) is 86.3 Å². The number of aliphatic hydroxyl groups is 1. The van der Waals surface area contributed by atoms with Crippen molar-refractivity contribution in [3.8, 4) is 0 Å².